The molecule has 164 valence electrons. The van der Waals surface area contributed by atoms with E-state index in [1.54, 1.807) is 36.4 Å². The molecule has 0 fully saturated rings. The quantitative estimate of drug-likeness (QED) is 0.303. The smallest absolute Gasteiger partial charge is 0.267 e. The van der Waals surface area contributed by atoms with Crippen LogP contribution in [0.1, 0.15) is 31.0 Å². The zero-order valence-electron chi connectivity index (χ0n) is 17.2. The van der Waals surface area contributed by atoms with E-state index in [0.717, 1.165) is 17.5 Å². The van der Waals surface area contributed by atoms with Crippen LogP contribution < -0.4 is 5.56 Å². The molecule has 2 aromatic carbocycles. The first-order valence-electron chi connectivity index (χ1n) is 10.2. The summed E-state index contributed by atoms with van der Waals surface area (Å²) in [5.74, 6) is -1.13. The van der Waals surface area contributed by atoms with E-state index in [9.17, 15) is 13.6 Å². The molecule has 0 aliphatic carbocycles. The summed E-state index contributed by atoms with van der Waals surface area (Å²) in [5, 5.41) is 5.33. The van der Waals surface area contributed by atoms with Crippen molar-refractivity contribution in [2.75, 3.05) is 0 Å². The topological polar surface area (TPSA) is 47.8 Å². The van der Waals surface area contributed by atoms with Gasteiger partial charge in [0.2, 0.25) is 0 Å². The van der Waals surface area contributed by atoms with Crippen molar-refractivity contribution in [1.29, 1.82) is 0 Å². The number of halogens is 4. The normalized spacial score (nSPS) is 11.3. The van der Waals surface area contributed by atoms with Gasteiger partial charge in [-0.15, -0.1) is 0 Å². The largest absolute Gasteiger partial charge is 0.277 e. The number of pyridine rings is 1. The fourth-order valence-electron chi connectivity index (χ4n) is 3.64. The first-order chi connectivity index (χ1) is 15.4. The number of hydrogen-bond acceptors (Lipinski definition) is 3. The molecule has 0 saturated carbocycles. The highest BCUT2D eigenvalue weighted by atomic mass is 35.5. The zero-order valence-corrected chi connectivity index (χ0v) is 18.7. The number of hydrogen-bond donors (Lipinski definition) is 0. The minimum atomic E-state index is -0.608. The Hall–Kier alpha value is -2.83. The second kappa shape index (κ2) is 9.35. The number of rotatable bonds is 6. The number of fused-ring (bicyclic) bond motifs is 1. The van der Waals surface area contributed by atoms with Gasteiger partial charge in [0.15, 0.2) is 0 Å². The van der Waals surface area contributed by atoms with Crippen molar-refractivity contribution in [2.24, 2.45) is 0 Å². The molecule has 0 spiro atoms. The molecule has 0 aliphatic heterocycles. The van der Waals surface area contributed by atoms with Gasteiger partial charge in [-0.05, 0) is 48.2 Å². The van der Waals surface area contributed by atoms with Gasteiger partial charge in [-0.3, -0.25) is 4.79 Å². The highest BCUT2D eigenvalue weighted by Crippen LogP contribution is 2.27. The molecule has 32 heavy (non-hydrogen) atoms. The first kappa shape index (κ1) is 22.4. The highest BCUT2D eigenvalue weighted by Gasteiger charge is 2.16. The maximum absolute atomic E-state index is 15.0. The van der Waals surface area contributed by atoms with Gasteiger partial charge in [0, 0.05) is 10.9 Å². The average molecular weight is 474 g/mol. The number of nitrogens with zero attached hydrogens (tertiary/aromatic N) is 3. The van der Waals surface area contributed by atoms with E-state index < -0.39 is 17.2 Å². The van der Waals surface area contributed by atoms with Crippen molar-refractivity contribution >= 4 is 34.0 Å². The van der Waals surface area contributed by atoms with Crippen molar-refractivity contribution in [3.8, 4) is 11.1 Å². The van der Waals surface area contributed by atoms with Crippen LogP contribution in [-0.4, -0.2) is 14.8 Å². The number of benzene rings is 2. The Morgan fingerprint density at radius 2 is 1.72 bits per heavy atom. The van der Waals surface area contributed by atoms with Gasteiger partial charge in [0.05, 0.1) is 17.6 Å². The van der Waals surface area contributed by atoms with E-state index >= 15 is 0 Å². The third-order valence-corrected chi connectivity index (χ3v) is 5.64. The van der Waals surface area contributed by atoms with Crippen LogP contribution in [0.5, 0.6) is 0 Å². The molecule has 0 saturated heterocycles. The summed E-state index contributed by atoms with van der Waals surface area (Å²) in [6.07, 6.45) is 2.37. The SMILES string of the molecule is CCCCc1nn(Cc2ccc(-c3cc(Cl)nc(Cl)c3)cc2F)c(=O)c2c(F)cccc12. The number of aryl methyl sites for hydroxylation is 1. The van der Waals surface area contributed by atoms with E-state index in [1.807, 2.05) is 6.92 Å². The molecule has 4 aromatic rings. The predicted molar refractivity (Wildman–Crippen MR) is 123 cm³/mol. The van der Waals surface area contributed by atoms with E-state index in [-0.39, 0.29) is 27.8 Å². The Kier molecular flexibility index (Phi) is 6.53. The average Bonchev–Trinajstić information content (AvgIpc) is 2.75. The monoisotopic (exact) mass is 473 g/mol. The lowest BCUT2D eigenvalue weighted by Gasteiger charge is -2.13. The summed E-state index contributed by atoms with van der Waals surface area (Å²) >= 11 is 11.9. The summed E-state index contributed by atoms with van der Waals surface area (Å²) in [5.41, 5.74) is 1.47. The maximum Gasteiger partial charge on any atom is 0.277 e. The van der Waals surface area contributed by atoms with Crippen LogP contribution in [0.15, 0.2) is 53.3 Å². The van der Waals surface area contributed by atoms with E-state index in [2.05, 4.69) is 10.1 Å². The molecule has 4 nitrogen and oxygen atoms in total. The molecular formula is C24H19Cl2F2N3O. The van der Waals surface area contributed by atoms with E-state index in [0.29, 0.717) is 28.6 Å². The summed E-state index contributed by atoms with van der Waals surface area (Å²) in [7, 11) is 0. The van der Waals surface area contributed by atoms with Crippen LogP contribution >= 0.6 is 23.2 Å². The standard InChI is InChI=1S/C24H19Cl2F2N3O/c1-2-3-7-20-17-5-4-6-18(27)23(17)24(32)31(30-20)13-15-9-8-14(10-19(15)28)16-11-21(25)29-22(26)12-16/h4-6,8-12H,2-3,7,13H2,1H3. The molecule has 0 aliphatic rings. The molecule has 0 N–H and O–H groups in total. The first-order valence-corrected chi connectivity index (χ1v) is 10.9. The molecule has 8 heteroatoms. The fraction of sp³-hybridized carbons (Fsp3) is 0.208. The fourth-order valence-corrected chi connectivity index (χ4v) is 4.10. The second-order valence-corrected chi connectivity index (χ2v) is 8.26. The molecule has 2 aromatic heterocycles. The van der Waals surface area contributed by atoms with Gasteiger partial charge in [0.1, 0.15) is 21.9 Å². The van der Waals surface area contributed by atoms with Gasteiger partial charge in [0.25, 0.3) is 5.56 Å². The molecule has 0 amide bonds. The van der Waals surface area contributed by atoms with E-state index in [1.165, 1.54) is 12.1 Å². The van der Waals surface area contributed by atoms with Crippen LogP contribution in [0.4, 0.5) is 8.78 Å². The molecule has 0 radical (unpaired) electrons. The van der Waals surface area contributed by atoms with Crippen LogP contribution in [-0.2, 0) is 13.0 Å². The Morgan fingerprint density at radius 1 is 0.969 bits per heavy atom. The Bertz CT molecular complexity index is 1350. The molecular weight excluding hydrogens is 455 g/mol. The lowest BCUT2D eigenvalue weighted by atomic mass is 10.0. The second-order valence-electron chi connectivity index (χ2n) is 7.48. The number of aromatic nitrogens is 3. The molecule has 0 atom stereocenters. The van der Waals surface area contributed by atoms with Gasteiger partial charge in [-0.2, -0.15) is 5.10 Å². The number of unbranched alkanes of at least 4 members (excludes halogenated alkanes) is 1. The van der Waals surface area contributed by atoms with Gasteiger partial charge >= 0.3 is 0 Å². The lowest BCUT2D eigenvalue weighted by Crippen LogP contribution is -2.26. The van der Waals surface area contributed by atoms with Gasteiger partial charge < -0.3 is 0 Å². The van der Waals surface area contributed by atoms with Crippen LogP contribution in [0.3, 0.4) is 0 Å². The van der Waals surface area contributed by atoms with Gasteiger partial charge in [-0.25, -0.2) is 18.4 Å². The Labute approximate surface area is 193 Å². The van der Waals surface area contributed by atoms with Crippen molar-refractivity contribution < 1.29 is 8.78 Å². The van der Waals surface area contributed by atoms with Crippen LogP contribution in [0.25, 0.3) is 21.9 Å². The van der Waals surface area contributed by atoms with Crippen LogP contribution in [0.2, 0.25) is 10.3 Å². The van der Waals surface area contributed by atoms with Crippen molar-refractivity contribution in [3.05, 3.63) is 92.1 Å². The summed E-state index contributed by atoms with van der Waals surface area (Å²) in [6.45, 7) is 1.92. The maximum atomic E-state index is 15.0. The summed E-state index contributed by atoms with van der Waals surface area (Å²) < 4.78 is 30.6. The summed E-state index contributed by atoms with van der Waals surface area (Å²) in [4.78, 5) is 16.8. The minimum Gasteiger partial charge on any atom is -0.267 e. The molecule has 0 unspecified atom stereocenters. The van der Waals surface area contributed by atoms with Crippen molar-refractivity contribution in [3.63, 3.8) is 0 Å². The van der Waals surface area contributed by atoms with Crippen LogP contribution in [0, 0.1) is 11.6 Å². The molecule has 4 rings (SSSR count). The minimum absolute atomic E-state index is 0.0216. The predicted octanol–water partition coefficient (Wildman–Crippen LogP) is 6.43. The third-order valence-electron chi connectivity index (χ3n) is 5.25. The lowest BCUT2D eigenvalue weighted by molar-refractivity contribution is 0.564. The van der Waals surface area contributed by atoms with Gasteiger partial charge in [-0.1, -0.05) is 60.8 Å². The zero-order chi connectivity index (χ0) is 22.8. The molecule has 2 heterocycles. The Morgan fingerprint density at radius 3 is 2.41 bits per heavy atom. The molecule has 0 bridgehead atoms. The summed E-state index contributed by atoms with van der Waals surface area (Å²) in [6, 6.07) is 12.3. The van der Waals surface area contributed by atoms with Crippen molar-refractivity contribution in [2.45, 2.75) is 32.7 Å². The Balaban J connectivity index is 1.75. The highest BCUT2D eigenvalue weighted by molar-refractivity contribution is 6.32. The third kappa shape index (κ3) is 4.52. The van der Waals surface area contributed by atoms with E-state index in [4.69, 9.17) is 23.2 Å². The van der Waals surface area contributed by atoms with Crippen molar-refractivity contribution in [1.82, 2.24) is 14.8 Å².